The zero-order valence-corrected chi connectivity index (χ0v) is 12.5. The van der Waals surface area contributed by atoms with E-state index in [9.17, 15) is 5.11 Å². The Morgan fingerprint density at radius 3 is 2.75 bits per heavy atom. The lowest BCUT2D eigenvalue weighted by atomic mass is 10.1. The number of rotatable bonds is 5. The topological polar surface area (TPSA) is 56.0 Å². The van der Waals surface area contributed by atoms with Gasteiger partial charge in [-0.2, -0.15) is 5.26 Å². The van der Waals surface area contributed by atoms with Gasteiger partial charge >= 0.3 is 0 Å². The van der Waals surface area contributed by atoms with Crippen LogP contribution in [0.4, 0.5) is 0 Å². The van der Waals surface area contributed by atoms with Crippen molar-refractivity contribution in [2.45, 2.75) is 12.6 Å². The quantitative estimate of drug-likeness (QED) is 0.885. The summed E-state index contributed by atoms with van der Waals surface area (Å²) in [7, 11) is 0. The summed E-state index contributed by atoms with van der Waals surface area (Å²) >= 11 is 3.39. The van der Waals surface area contributed by atoms with E-state index in [1.54, 1.807) is 6.07 Å². The molecule has 0 aromatic heterocycles. The van der Waals surface area contributed by atoms with Crippen LogP contribution in [0.15, 0.2) is 53.0 Å². The van der Waals surface area contributed by atoms with Crippen LogP contribution in [-0.2, 0) is 6.54 Å². The van der Waals surface area contributed by atoms with Gasteiger partial charge in [0.05, 0.1) is 17.7 Å². The number of aliphatic hydroxyl groups excluding tert-OH is 1. The summed E-state index contributed by atoms with van der Waals surface area (Å²) in [5.74, 6) is 0. The molecule has 3 nitrogen and oxygen atoms in total. The number of nitrogens with zero attached hydrogens (tertiary/aromatic N) is 1. The van der Waals surface area contributed by atoms with E-state index in [4.69, 9.17) is 5.26 Å². The van der Waals surface area contributed by atoms with Crippen LogP contribution in [0.3, 0.4) is 0 Å². The van der Waals surface area contributed by atoms with Gasteiger partial charge in [0.2, 0.25) is 0 Å². The zero-order valence-electron chi connectivity index (χ0n) is 10.9. The van der Waals surface area contributed by atoms with Crippen molar-refractivity contribution in [1.82, 2.24) is 5.32 Å². The van der Waals surface area contributed by atoms with Gasteiger partial charge in [-0.3, -0.25) is 0 Å². The third-order valence-electron chi connectivity index (χ3n) is 2.96. The molecule has 0 aliphatic rings. The van der Waals surface area contributed by atoms with Crippen LogP contribution in [0, 0.1) is 11.3 Å². The molecule has 2 aromatic carbocycles. The molecule has 1 unspecified atom stereocenters. The minimum atomic E-state index is -0.549. The van der Waals surface area contributed by atoms with Gasteiger partial charge in [-0.1, -0.05) is 40.2 Å². The molecule has 0 amide bonds. The maximum atomic E-state index is 10.1. The van der Waals surface area contributed by atoms with Crippen LogP contribution in [-0.4, -0.2) is 11.7 Å². The van der Waals surface area contributed by atoms with Crippen molar-refractivity contribution in [3.63, 3.8) is 0 Å². The Hall–Kier alpha value is -1.67. The lowest BCUT2D eigenvalue weighted by molar-refractivity contribution is 0.174. The molecule has 2 N–H and O–H groups in total. The molecule has 2 aromatic rings. The monoisotopic (exact) mass is 330 g/mol. The molecule has 0 saturated heterocycles. The average molecular weight is 331 g/mol. The number of benzene rings is 2. The molecule has 102 valence electrons. The molecule has 2 rings (SSSR count). The van der Waals surface area contributed by atoms with Crippen LogP contribution >= 0.6 is 15.9 Å². The molecule has 1 atom stereocenters. The minimum absolute atomic E-state index is 0.466. The SMILES string of the molecule is N#Cc1cccc(CNCC(O)c2cccc(Br)c2)c1. The highest BCUT2D eigenvalue weighted by atomic mass is 79.9. The second-order valence-corrected chi connectivity index (χ2v) is 5.43. The van der Waals surface area contributed by atoms with Gasteiger partial charge in [0, 0.05) is 17.6 Å². The third kappa shape index (κ3) is 4.17. The molecule has 0 bridgehead atoms. The lowest BCUT2D eigenvalue weighted by Gasteiger charge is -2.12. The Bertz CT molecular complexity index is 622. The summed E-state index contributed by atoms with van der Waals surface area (Å²) in [6.07, 6.45) is -0.549. The largest absolute Gasteiger partial charge is 0.387 e. The number of nitriles is 1. The van der Waals surface area contributed by atoms with Crippen molar-refractivity contribution in [2.24, 2.45) is 0 Å². The number of aliphatic hydroxyl groups is 1. The van der Waals surface area contributed by atoms with Gasteiger partial charge in [-0.25, -0.2) is 0 Å². The van der Waals surface area contributed by atoms with Crippen LogP contribution in [0.1, 0.15) is 22.8 Å². The molecule has 0 heterocycles. The van der Waals surface area contributed by atoms with Crippen molar-refractivity contribution in [3.8, 4) is 6.07 Å². The minimum Gasteiger partial charge on any atom is -0.387 e. The highest BCUT2D eigenvalue weighted by Gasteiger charge is 2.07. The second kappa shape index (κ2) is 7.20. The molecule has 0 saturated carbocycles. The molecule has 0 aliphatic heterocycles. The highest BCUT2D eigenvalue weighted by Crippen LogP contribution is 2.17. The van der Waals surface area contributed by atoms with E-state index >= 15 is 0 Å². The van der Waals surface area contributed by atoms with E-state index in [2.05, 4.69) is 27.3 Å². The Labute approximate surface area is 127 Å². The van der Waals surface area contributed by atoms with Gasteiger partial charge in [0.25, 0.3) is 0 Å². The summed E-state index contributed by atoms with van der Waals surface area (Å²) in [6.45, 7) is 1.09. The molecular formula is C16H15BrN2O. The van der Waals surface area contributed by atoms with Gasteiger partial charge in [-0.05, 0) is 35.4 Å². The normalized spacial score (nSPS) is 11.8. The van der Waals surface area contributed by atoms with Crippen molar-refractivity contribution in [3.05, 3.63) is 69.7 Å². The first-order chi connectivity index (χ1) is 9.69. The van der Waals surface area contributed by atoms with Gasteiger partial charge in [0.1, 0.15) is 0 Å². The van der Waals surface area contributed by atoms with Crippen LogP contribution in [0.2, 0.25) is 0 Å². The predicted molar refractivity (Wildman–Crippen MR) is 82.0 cm³/mol. The molecule has 0 aliphatic carbocycles. The Kier molecular flexibility index (Phi) is 5.31. The summed E-state index contributed by atoms with van der Waals surface area (Å²) < 4.78 is 0.954. The molecule has 4 heteroatoms. The van der Waals surface area contributed by atoms with E-state index in [0.717, 1.165) is 15.6 Å². The van der Waals surface area contributed by atoms with Crippen LogP contribution in [0.5, 0.6) is 0 Å². The lowest BCUT2D eigenvalue weighted by Crippen LogP contribution is -2.21. The van der Waals surface area contributed by atoms with Crippen molar-refractivity contribution in [1.29, 1.82) is 5.26 Å². The summed E-state index contributed by atoms with van der Waals surface area (Å²) in [5.41, 5.74) is 2.56. The van der Waals surface area contributed by atoms with Crippen molar-refractivity contribution < 1.29 is 5.11 Å². The maximum absolute atomic E-state index is 10.1. The first-order valence-corrected chi connectivity index (χ1v) is 7.11. The van der Waals surface area contributed by atoms with E-state index in [1.165, 1.54) is 0 Å². The molecular weight excluding hydrogens is 316 g/mol. The Morgan fingerprint density at radius 2 is 2.00 bits per heavy atom. The number of hydrogen-bond donors (Lipinski definition) is 2. The standard InChI is InChI=1S/C16H15BrN2O/c17-15-6-2-5-14(8-15)16(20)11-19-10-13-4-1-3-12(7-13)9-18/h1-8,16,19-20H,10-11H2. The van der Waals surface area contributed by atoms with E-state index in [0.29, 0.717) is 18.7 Å². The van der Waals surface area contributed by atoms with E-state index in [1.807, 2.05) is 42.5 Å². The fraction of sp³-hybridized carbons (Fsp3) is 0.188. The summed E-state index contributed by atoms with van der Waals surface area (Å²) in [4.78, 5) is 0. The number of nitrogens with one attached hydrogen (secondary N) is 1. The van der Waals surface area contributed by atoms with Crippen LogP contribution in [0.25, 0.3) is 0 Å². The molecule has 0 radical (unpaired) electrons. The molecule has 20 heavy (non-hydrogen) atoms. The fourth-order valence-electron chi connectivity index (χ4n) is 1.94. The summed E-state index contributed by atoms with van der Waals surface area (Å²) in [5, 5.41) is 22.1. The van der Waals surface area contributed by atoms with Crippen molar-refractivity contribution >= 4 is 15.9 Å². The average Bonchev–Trinajstić information content (AvgIpc) is 2.47. The number of hydrogen-bond acceptors (Lipinski definition) is 3. The van der Waals surface area contributed by atoms with Gasteiger partial charge in [0.15, 0.2) is 0 Å². The fourth-order valence-corrected chi connectivity index (χ4v) is 2.35. The van der Waals surface area contributed by atoms with Gasteiger partial charge in [-0.15, -0.1) is 0 Å². The van der Waals surface area contributed by atoms with Crippen LogP contribution < -0.4 is 5.32 Å². The second-order valence-electron chi connectivity index (χ2n) is 4.51. The zero-order chi connectivity index (χ0) is 14.4. The summed E-state index contributed by atoms with van der Waals surface area (Å²) in [6, 6.07) is 17.2. The predicted octanol–water partition coefficient (Wildman–Crippen LogP) is 3.14. The van der Waals surface area contributed by atoms with E-state index < -0.39 is 6.10 Å². The highest BCUT2D eigenvalue weighted by molar-refractivity contribution is 9.10. The Morgan fingerprint density at radius 1 is 1.20 bits per heavy atom. The third-order valence-corrected chi connectivity index (χ3v) is 3.45. The molecule has 0 fully saturated rings. The number of halogens is 1. The first-order valence-electron chi connectivity index (χ1n) is 6.32. The van der Waals surface area contributed by atoms with Crippen molar-refractivity contribution in [2.75, 3.05) is 6.54 Å². The first kappa shape index (κ1) is 14.7. The Balaban J connectivity index is 1.88. The van der Waals surface area contributed by atoms with Gasteiger partial charge < -0.3 is 10.4 Å². The van der Waals surface area contributed by atoms with E-state index in [-0.39, 0.29) is 0 Å². The maximum Gasteiger partial charge on any atom is 0.0991 e. The smallest absolute Gasteiger partial charge is 0.0991 e. The molecule has 0 spiro atoms.